The SMILES string of the molecule is CCOCCNC(CCSC)C(C)=O. The van der Waals surface area contributed by atoms with Gasteiger partial charge < -0.3 is 10.1 Å². The first-order valence-electron chi connectivity index (χ1n) is 5.02. The van der Waals surface area contributed by atoms with Gasteiger partial charge in [0.15, 0.2) is 0 Å². The van der Waals surface area contributed by atoms with E-state index in [4.69, 9.17) is 4.74 Å². The number of Topliss-reactive ketones (excluding diaryl/α,β-unsaturated/α-hetero) is 1. The lowest BCUT2D eigenvalue weighted by Gasteiger charge is -2.14. The van der Waals surface area contributed by atoms with Gasteiger partial charge in [-0.3, -0.25) is 4.79 Å². The quantitative estimate of drug-likeness (QED) is 0.594. The van der Waals surface area contributed by atoms with Crippen molar-refractivity contribution in [1.82, 2.24) is 5.32 Å². The first-order chi connectivity index (χ1) is 6.72. The maximum Gasteiger partial charge on any atom is 0.146 e. The second-order valence-corrected chi connectivity index (χ2v) is 4.08. The van der Waals surface area contributed by atoms with Crippen molar-refractivity contribution < 1.29 is 9.53 Å². The van der Waals surface area contributed by atoms with Gasteiger partial charge in [-0.2, -0.15) is 11.8 Å². The van der Waals surface area contributed by atoms with Crippen LogP contribution in [0.25, 0.3) is 0 Å². The van der Waals surface area contributed by atoms with Crippen LogP contribution in [0, 0.1) is 0 Å². The van der Waals surface area contributed by atoms with E-state index in [1.807, 2.05) is 6.92 Å². The number of hydrogen-bond acceptors (Lipinski definition) is 4. The van der Waals surface area contributed by atoms with E-state index >= 15 is 0 Å². The number of ether oxygens (including phenoxy) is 1. The summed E-state index contributed by atoms with van der Waals surface area (Å²) in [6, 6.07) is 0.00269. The number of hydrogen-bond donors (Lipinski definition) is 1. The molecule has 1 N–H and O–H groups in total. The van der Waals surface area contributed by atoms with Gasteiger partial charge >= 0.3 is 0 Å². The minimum atomic E-state index is 0.00269. The van der Waals surface area contributed by atoms with Crippen LogP contribution in [0.4, 0.5) is 0 Å². The molecule has 1 atom stereocenters. The van der Waals surface area contributed by atoms with Gasteiger partial charge in [0, 0.05) is 13.2 Å². The van der Waals surface area contributed by atoms with Crippen LogP contribution in [0.2, 0.25) is 0 Å². The van der Waals surface area contributed by atoms with Gasteiger partial charge in [0.05, 0.1) is 12.6 Å². The van der Waals surface area contributed by atoms with Crippen LogP contribution >= 0.6 is 11.8 Å². The monoisotopic (exact) mass is 219 g/mol. The lowest BCUT2D eigenvalue weighted by Crippen LogP contribution is -2.37. The molecular formula is C10H21NO2S. The normalized spacial score (nSPS) is 12.8. The van der Waals surface area contributed by atoms with Crippen molar-refractivity contribution in [1.29, 1.82) is 0 Å². The Hall–Kier alpha value is -0.0600. The minimum absolute atomic E-state index is 0.00269. The van der Waals surface area contributed by atoms with E-state index in [-0.39, 0.29) is 11.8 Å². The third-order valence-electron chi connectivity index (χ3n) is 1.94. The van der Waals surface area contributed by atoms with Crippen molar-refractivity contribution >= 4 is 17.5 Å². The molecule has 0 aliphatic carbocycles. The van der Waals surface area contributed by atoms with Crippen molar-refractivity contribution in [3.8, 4) is 0 Å². The molecule has 1 unspecified atom stereocenters. The Kier molecular flexibility index (Phi) is 9.45. The molecule has 0 rings (SSSR count). The molecule has 0 aromatic heterocycles. The van der Waals surface area contributed by atoms with Crippen LogP contribution in [0.1, 0.15) is 20.3 Å². The van der Waals surface area contributed by atoms with Gasteiger partial charge in [0.1, 0.15) is 5.78 Å². The fourth-order valence-corrected chi connectivity index (χ4v) is 1.61. The van der Waals surface area contributed by atoms with Crippen LogP contribution in [-0.2, 0) is 9.53 Å². The third kappa shape index (κ3) is 7.35. The molecule has 0 fully saturated rings. The summed E-state index contributed by atoms with van der Waals surface area (Å²) in [6.07, 6.45) is 2.96. The van der Waals surface area contributed by atoms with Gasteiger partial charge in [-0.05, 0) is 32.3 Å². The number of ketones is 1. The molecule has 0 spiro atoms. The van der Waals surface area contributed by atoms with Gasteiger partial charge in [-0.1, -0.05) is 0 Å². The molecule has 84 valence electrons. The molecule has 0 aliphatic rings. The molecule has 0 aromatic carbocycles. The highest BCUT2D eigenvalue weighted by Crippen LogP contribution is 2.01. The molecule has 14 heavy (non-hydrogen) atoms. The predicted molar refractivity (Wildman–Crippen MR) is 62.0 cm³/mol. The zero-order valence-electron chi connectivity index (χ0n) is 9.34. The van der Waals surface area contributed by atoms with Crippen LogP contribution in [0.5, 0.6) is 0 Å². The van der Waals surface area contributed by atoms with E-state index in [1.54, 1.807) is 18.7 Å². The van der Waals surface area contributed by atoms with E-state index < -0.39 is 0 Å². The Morgan fingerprint density at radius 3 is 2.79 bits per heavy atom. The Balaban J connectivity index is 3.57. The highest BCUT2D eigenvalue weighted by Gasteiger charge is 2.11. The van der Waals surface area contributed by atoms with Crippen molar-refractivity contribution in [2.75, 3.05) is 31.8 Å². The molecule has 0 bridgehead atoms. The smallest absolute Gasteiger partial charge is 0.146 e. The summed E-state index contributed by atoms with van der Waals surface area (Å²) in [4.78, 5) is 11.2. The van der Waals surface area contributed by atoms with Gasteiger partial charge in [0.2, 0.25) is 0 Å². The summed E-state index contributed by atoms with van der Waals surface area (Å²) in [5.74, 6) is 1.24. The van der Waals surface area contributed by atoms with Crippen molar-refractivity contribution in [3.05, 3.63) is 0 Å². The van der Waals surface area contributed by atoms with Gasteiger partial charge in [-0.15, -0.1) is 0 Å². The molecule has 0 amide bonds. The Morgan fingerprint density at radius 1 is 1.57 bits per heavy atom. The Bertz CT molecular complexity index is 153. The van der Waals surface area contributed by atoms with Crippen molar-refractivity contribution in [2.24, 2.45) is 0 Å². The first kappa shape index (κ1) is 13.9. The summed E-state index contributed by atoms with van der Waals surface area (Å²) in [5, 5.41) is 3.20. The zero-order chi connectivity index (χ0) is 10.8. The average molecular weight is 219 g/mol. The first-order valence-corrected chi connectivity index (χ1v) is 6.42. The summed E-state index contributed by atoms with van der Waals surface area (Å²) in [5.41, 5.74) is 0. The number of carbonyl (C=O) groups is 1. The van der Waals surface area contributed by atoms with E-state index in [2.05, 4.69) is 11.6 Å². The molecule has 3 nitrogen and oxygen atoms in total. The number of rotatable bonds is 9. The minimum Gasteiger partial charge on any atom is -0.380 e. The van der Waals surface area contributed by atoms with Crippen LogP contribution in [-0.4, -0.2) is 43.6 Å². The number of nitrogens with one attached hydrogen (secondary N) is 1. The van der Waals surface area contributed by atoms with Crippen molar-refractivity contribution in [3.63, 3.8) is 0 Å². The van der Waals surface area contributed by atoms with Gasteiger partial charge in [-0.25, -0.2) is 0 Å². The van der Waals surface area contributed by atoms with Crippen molar-refractivity contribution in [2.45, 2.75) is 26.3 Å². The fourth-order valence-electron chi connectivity index (χ4n) is 1.13. The predicted octanol–water partition coefficient (Wildman–Crippen LogP) is 1.32. The number of thioether (sulfide) groups is 1. The Morgan fingerprint density at radius 2 is 2.29 bits per heavy atom. The lowest BCUT2D eigenvalue weighted by atomic mass is 10.1. The molecule has 0 aliphatic heterocycles. The second-order valence-electron chi connectivity index (χ2n) is 3.10. The zero-order valence-corrected chi connectivity index (χ0v) is 10.2. The summed E-state index contributed by atoms with van der Waals surface area (Å²) >= 11 is 1.77. The molecule has 0 radical (unpaired) electrons. The molecule has 0 heterocycles. The largest absolute Gasteiger partial charge is 0.380 e. The van der Waals surface area contributed by atoms with Crippen LogP contribution in [0.3, 0.4) is 0 Å². The van der Waals surface area contributed by atoms with Gasteiger partial charge in [0.25, 0.3) is 0 Å². The summed E-state index contributed by atoms with van der Waals surface area (Å²) in [6.45, 7) is 5.78. The topological polar surface area (TPSA) is 38.3 Å². The van der Waals surface area contributed by atoms with E-state index in [1.165, 1.54) is 0 Å². The second kappa shape index (κ2) is 9.49. The maximum absolute atomic E-state index is 11.2. The Labute approximate surface area is 91.0 Å². The molecule has 4 heteroatoms. The van der Waals surface area contributed by atoms with Crippen LogP contribution < -0.4 is 5.32 Å². The molecule has 0 saturated heterocycles. The molecule has 0 aromatic rings. The average Bonchev–Trinajstić information content (AvgIpc) is 2.16. The molecule has 0 saturated carbocycles. The number of carbonyl (C=O) groups excluding carboxylic acids is 1. The standard InChI is InChI=1S/C10H21NO2S/c1-4-13-7-6-11-10(9(2)12)5-8-14-3/h10-11H,4-8H2,1-3H3. The lowest BCUT2D eigenvalue weighted by molar-refractivity contribution is -0.119. The summed E-state index contributed by atoms with van der Waals surface area (Å²) in [7, 11) is 0. The van der Waals surface area contributed by atoms with E-state index in [0.29, 0.717) is 6.61 Å². The third-order valence-corrected chi connectivity index (χ3v) is 2.59. The fraction of sp³-hybridized carbons (Fsp3) is 0.900. The van der Waals surface area contributed by atoms with E-state index in [9.17, 15) is 4.79 Å². The maximum atomic E-state index is 11.2. The molecular weight excluding hydrogens is 198 g/mol. The van der Waals surface area contributed by atoms with Crippen LogP contribution in [0.15, 0.2) is 0 Å². The summed E-state index contributed by atoms with van der Waals surface area (Å²) < 4.78 is 5.19. The van der Waals surface area contributed by atoms with E-state index in [0.717, 1.165) is 25.3 Å². The highest BCUT2D eigenvalue weighted by molar-refractivity contribution is 7.98. The highest BCUT2D eigenvalue weighted by atomic mass is 32.2.